The lowest BCUT2D eigenvalue weighted by atomic mass is 10.3. The van der Waals surface area contributed by atoms with Gasteiger partial charge in [-0.05, 0) is 26.0 Å². The van der Waals surface area contributed by atoms with Gasteiger partial charge in [0.05, 0.1) is 11.0 Å². The number of thiazole rings is 1. The monoisotopic (exact) mass is 330 g/mol. The maximum Gasteiger partial charge on any atom is 0.308 e. The van der Waals surface area contributed by atoms with E-state index in [0.717, 1.165) is 21.6 Å². The smallest absolute Gasteiger partial charge is 0.308 e. The fourth-order valence-electron chi connectivity index (χ4n) is 2.56. The van der Waals surface area contributed by atoms with E-state index in [1.165, 1.54) is 20.8 Å². The highest BCUT2D eigenvalue weighted by atomic mass is 32.1. The average Bonchev–Trinajstić information content (AvgIpc) is 2.99. The molecule has 2 aromatic heterocycles. The first-order valence-electron chi connectivity index (χ1n) is 7.25. The van der Waals surface area contributed by atoms with Crippen molar-refractivity contribution in [3.8, 4) is 0 Å². The Hall–Kier alpha value is -2.41. The molecule has 0 saturated carbocycles. The molecule has 0 aliphatic rings. The minimum Gasteiger partial charge on any atom is -0.313 e. The number of benzene rings is 1. The van der Waals surface area contributed by atoms with Gasteiger partial charge >= 0.3 is 4.87 Å². The molecule has 0 aliphatic heterocycles. The van der Waals surface area contributed by atoms with Crippen LogP contribution in [0.1, 0.15) is 10.6 Å². The van der Waals surface area contributed by atoms with Crippen molar-refractivity contribution in [2.75, 3.05) is 11.9 Å². The summed E-state index contributed by atoms with van der Waals surface area (Å²) in [4.78, 5) is 31.4. The highest BCUT2D eigenvalue weighted by Crippen LogP contribution is 2.20. The van der Waals surface area contributed by atoms with E-state index in [9.17, 15) is 9.59 Å². The summed E-state index contributed by atoms with van der Waals surface area (Å²) in [5.41, 5.74) is 2.64. The zero-order chi connectivity index (χ0) is 16.7. The summed E-state index contributed by atoms with van der Waals surface area (Å²) in [6.07, 6.45) is 0. The Bertz CT molecular complexity index is 951. The van der Waals surface area contributed by atoms with Gasteiger partial charge in [-0.1, -0.05) is 23.5 Å². The van der Waals surface area contributed by atoms with Gasteiger partial charge in [0.2, 0.25) is 11.9 Å². The van der Waals surface area contributed by atoms with E-state index < -0.39 is 0 Å². The SMILES string of the molecule is Cc1sc(=O)n(CC(=O)N(C)c2nc3ccccc3n2C)c1C. The van der Waals surface area contributed by atoms with Crippen molar-refractivity contribution >= 4 is 34.2 Å². The summed E-state index contributed by atoms with van der Waals surface area (Å²) in [6, 6.07) is 7.72. The Morgan fingerprint density at radius 2 is 2.00 bits per heavy atom. The number of imidazole rings is 1. The number of hydrogen-bond acceptors (Lipinski definition) is 4. The molecular weight excluding hydrogens is 312 g/mol. The fourth-order valence-corrected chi connectivity index (χ4v) is 3.39. The number of nitrogens with zero attached hydrogens (tertiary/aromatic N) is 4. The Morgan fingerprint density at radius 1 is 1.30 bits per heavy atom. The standard InChI is InChI=1S/C16H18N4O2S/c1-10-11(2)23-16(22)20(10)9-14(21)19(4)15-17-12-7-5-6-8-13(12)18(15)3/h5-8H,9H2,1-4H3. The van der Waals surface area contributed by atoms with Crippen LogP contribution in [0.3, 0.4) is 0 Å². The van der Waals surface area contributed by atoms with Crippen LogP contribution in [0.5, 0.6) is 0 Å². The Morgan fingerprint density at radius 3 is 2.61 bits per heavy atom. The van der Waals surface area contributed by atoms with Crippen LogP contribution in [0.25, 0.3) is 11.0 Å². The highest BCUT2D eigenvalue weighted by Gasteiger charge is 2.20. The quantitative estimate of drug-likeness (QED) is 0.739. The summed E-state index contributed by atoms with van der Waals surface area (Å²) in [5, 5.41) is 0. The van der Waals surface area contributed by atoms with Crippen LogP contribution < -0.4 is 9.77 Å². The van der Waals surface area contributed by atoms with Crippen LogP contribution in [0.15, 0.2) is 29.1 Å². The summed E-state index contributed by atoms with van der Waals surface area (Å²) in [5.74, 6) is 0.389. The molecule has 0 atom stereocenters. The normalized spacial score (nSPS) is 11.1. The van der Waals surface area contributed by atoms with E-state index in [2.05, 4.69) is 4.98 Å². The molecule has 0 fully saturated rings. The van der Waals surface area contributed by atoms with Crippen molar-refractivity contribution in [3.63, 3.8) is 0 Å². The highest BCUT2D eigenvalue weighted by molar-refractivity contribution is 7.09. The number of hydrogen-bond donors (Lipinski definition) is 0. The molecule has 0 N–H and O–H groups in total. The second-order valence-corrected chi connectivity index (χ2v) is 6.67. The number of fused-ring (bicyclic) bond motifs is 1. The Kier molecular flexibility index (Phi) is 3.81. The molecule has 1 aromatic carbocycles. The third-order valence-electron chi connectivity index (χ3n) is 4.11. The molecule has 1 amide bonds. The number of carbonyl (C=O) groups is 1. The van der Waals surface area contributed by atoms with Crippen molar-refractivity contribution in [2.24, 2.45) is 7.05 Å². The van der Waals surface area contributed by atoms with Crippen LogP contribution in [0, 0.1) is 13.8 Å². The first-order chi connectivity index (χ1) is 10.9. The molecule has 0 spiro atoms. The number of amides is 1. The zero-order valence-corrected chi connectivity index (χ0v) is 14.3. The van der Waals surface area contributed by atoms with E-state index in [1.54, 1.807) is 7.05 Å². The summed E-state index contributed by atoms with van der Waals surface area (Å²) < 4.78 is 3.39. The number of carbonyl (C=O) groups excluding carboxylic acids is 1. The first-order valence-corrected chi connectivity index (χ1v) is 8.06. The lowest BCUT2D eigenvalue weighted by molar-refractivity contribution is -0.119. The van der Waals surface area contributed by atoms with Crippen molar-refractivity contribution in [1.29, 1.82) is 0 Å². The third kappa shape index (κ3) is 2.57. The molecule has 0 bridgehead atoms. The predicted molar refractivity (Wildman–Crippen MR) is 92.2 cm³/mol. The molecule has 23 heavy (non-hydrogen) atoms. The van der Waals surface area contributed by atoms with Crippen molar-refractivity contribution in [3.05, 3.63) is 44.5 Å². The van der Waals surface area contributed by atoms with Gasteiger partial charge in [0.15, 0.2) is 0 Å². The Labute approximate surface area is 137 Å². The van der Waals surface area contributed by atoms with E-state index in [0.29, 0.717) is 5.95 Å². The molecule has 2 heterocycles. The van der Waals surface area contributed by atoms with Gasteiger partial charge in [-0.3, -0.25) is 19.1 Å². The van der Waals surface area contributed by atoms with E-state index >= 15 is 0 Å². The number of anilines is 1. The molecule has 7 heteroatoms. The molecule has 120 valence electrons. The maximum atomic E-state index is 12.6. The maximum absolute atomic E-state index is 12.6. The zero-order valence-electron chi connectivity index (χ0n) is 13.5. The molecule has 0 saturated heterocycles. The average molecular weight is 330 g/mol. The molecule has 3 rings (SSSR count). The van der Waals surface area contributed by atoms with E-state index in [4.69, 9.17) is 0 Å². The summed E-state index contributed by atoms with van der Waals surface area (Å²) in [6.45, 7) is 3.77. The van der Waals surface area contributed by atoms with Crippen LogP contribution in [0.4, 0.5) is 5.95 Å². The number of rotatable bonds is 3. The lowest BCUT2D eigenvalue weighted by Gasteiger charge is -2.17. The molecule has 0 radical (unpaired) electrons. The topological polar surface area (TPSA) is 60.1 Å². The molecular formula is C16H18N4O2S. The number of aromatic nitrogens is 3. The lowest BCUT2D eigenvalue weighted by Crippen LogP contribution is -2.34. The fraction of sp³-hybridized carbons (Fsp3) is 0.312. The van der Waals surface area contributed by atoms with Gasteiger partial charge < -0.3 is 4.57 Å². The van der Waals surface area contributed by atoms with E-state index in [1.807, 2.05) is 49.7 Å². The second-order valence-electron chi connectivity index (χ2n) is 5.51. The molecule has 6 nitrogen and oxygen atoms in total. The van der Waals surface area contributed by atoms with Crippen LogP contribution in [-0.2, 0) is 18.4 Å². The van der Waals surface area contributed by atoms with Gasteiger partial charge in [-0.15, -0.1) is 0 Å². The van der Waals surface area contributed by atoms with Crippen molar-refractivity contribution < 1.29 is 4.79 Å². The Balaban J connectivity index is 1.92. The van der Waals surface area contributed by atoms with Gasteiger partial charge in [0, 0.05) is 24.7 Å². The number of para-hydroxylation sites is 2. The predicted octanol–water partition coefficient (Wildman–Crippen LogP) is 2.08. The van der Waals surface area contributed by atoms with Gasteiger partial charge in [0.1, 0.15) is 6.54 Å². The molecule has 0 unspecified atom stereocenters. The van der Waals surface area contributed by atoms with Crippen molar-refractivity contribution in [1.82, 2.24) is 14.1 Å². The summed E-state index contributed by atoms with van der Waals surface area (Å²) in [7, 11) is 3.56. The molecule has 0 aliphatic carbocycles. The van der Waals surface area contributed by atoms with Crippen LogP contribution in [-0.4, -0.2) is 27.1 Å². The second kappa shape index (κ2) is 5.66. The van der Waals surface area contributed by atoms with Crippen LogP contribution in [0.2, 0.25) is 0 Å². The molecule has 3 aromatic rings. The van der Waals surface area contributed by atoms with Crippen LogP contribution >= 0.6 is 11.3 Å². The van der Waals surface area contributed by atoms with E-state index in [-0.39, 0.29) is 17.3 Å². The van der Waals surface area contributed by atoms with Crippen molar-refractivity contribution in [2.45, 2.75) is 20.4 Å². The largest absolute Gasteiger partial charge is 0.313 e. The van der Waals surface area contributed by atoms with Gasteiger partial charge in [0.25, 0.3) is 0 Å². The summed E-state index contributed by atoms with van der Waals surface area (Å²) >= 11 is 1.17. The first kappa shape index (κ1) is 15.5. The minimum atomic E-state index is -0.175. The third-order valence-corrected chi connectivity index (χ3v) is 5.10. The minimum absolute atomic E-state index is 0.0225. The number of aryl methyl sites for hydroxylation is 2. The van der Waals surface area contributed by atoms with Gasteiger partial charge in [-0.2, -0.15) is 0 Å². The number of likely N-dealkylation sites (N-methyl/N-ethyl adjacent to an activating group) is 1. The van der Waals surface area contributed by atoms with Gasteiger partial charge in [-0.25, -0.2) is 4.98 Å².